The van der Waals surface area contributed by atoms with Gasteiger partial charge in [0.25, 0.3) is 0 Å². The van der Waals surface area contributed by atoms with E-state index in [0.29, 0.717) is 13.0 Å². The molecule has 0 aliphatic carbocycles. The van der Waals surface area contributed by atoms with Crippen molar-refractivity contribution in [1.29, 1.82) is 0 Å². The number of hydrogen-bond acceptors (Lipinski definition) is 2. The maximum atomic E-state index is 11.2. The van der Waals surface area contributed by atoms with Gasteiger partial charge in [0.05, 0.1) is 0 Å². The quantitative estimate of drug-likeness (QED) is 0.721. The number of aliphatic carboxylic acids is 1. The van der Waals surface area contributed by atoms with Gasteiger partial charge in [-0.3, -0.25) is 9.59 Å². The van der Waals surface area contributed by atoms with Crippen LogP contribution < -0.4 is 5.32 Å². The lowest BCUT2D eigenvalue weighted by molar-refractivity contribution is -0.137. The van der Waals surface area contributed by atoms with Crippen LogP contribution in [0.15, 0.2) is 24.5 Å². The van der Waals surface area contributed by atoms with Crippen molar-refractivity contribution in [3.63, 3.8) is 0 Å². The first-order valence-corrected chi connectivity index (χ1v) is 5.28. The van der Waals surface area contributed by atoms with Gasteiger partial charge < -0.3 is 15.0 Å². The summed E-state index contributed by atoms with van der Waals surface area (Å²) in [5, 5.41) is 11.1. The SMILES string of the molecule is O=C(O)CCCC(=O)NCCn1cccc1. The number of aromatic nitrogens is 1. The van der Waals surface area contributed by atoms with Gasteiger partial charge in [-0.1, -0.05) is 0 Å². The highest BCUT2D eigenvalue weighted by Crippen LogP contribution is 1.95. The Hall–Kier alpha value is -1.78. The Bertz CT molecular complexity index is 333. The fourth-order valence-corrected chi connectivity index (χ4v) is 1.33. The molecule has 5 nitrogen and oxygen atoms in total. The first-order valence-electron chi connectivity index (χ1n) is 5.28. The normalized spacial score (nSPS) is 10.0. The lowest BCUT2D eigenvalue weighted by Gasteiger charge is -2.05. The summed E-state index contributed by atoms with van der Waals surface area (Å²) in [6.07, 6.45) is 4.57. The van der Waals surface area contributed by atoms with Crippen molar-refractivity contribution in [2.75, 3.05) is 6.54 Å². The fourth-order valence-electron chi connectivity index (χ4n) is 1.33. The van der Waals surface area contributed by atoms with E-state index >= 15 is 0 Å². The molecule has 0 saturated heterocycles. The molecular weight excluding hydrogens is 208 g/mol. The highest BCUT2D eigenvalue weighted by Gasteiger charge is 2.02. The van der Waals surface area contributed by atoms with E-state index < -0.39 is 5.97 Å². The molecule has 1 amide bonds. The molecule has 2 N–H and O–H groups in total. The maximum Gasteiger partial charge on any atom is 0.303 e. The fraction of sp³-hybridized carbons (Fsp3) is 0.455. The lowest BCUT2D eigenvalue weighted by atomic mass is 10.2. The summed E-state index contributed by atoms with van der Waals surface area (Å²) in [6.45, 7) is 1.30. The van der Waals surface area contributed by atoms with E-state index in [1.54, 1.807) is 0 Å². The van der Waals surface area contributed by atoms with E-state index in [0.717, 1.165) is 6.54 Å². The second-order valence-corrected chi connectivity index (χ2v) is 3.52. The van der Waals surface area contributed by atoms with Crippen molar-refractivity contribution in [1.82, 2.24) is 9.88 Å². The first kappa shape index (κ1) is 12.3. The van der Waals surface area contributed by atoms with Crippen molar-refractivity contribution in [2.45, 2.75) is 25.8 Å². The zero-order chi connectivity index (χ0) is 11.8. The molecule has 0 bridgehead atoms. The molecule has 1 aromatic rings. The van der Waals surface area contributed by atoms with Gasteiger partial charge in [-0.05, 0) is 18.6 Å². The number of nitrogens with zero attached hydrogens (tertiary/aromatic N) is 1. The predicted octanol–water partition coefficient (Wildman–Crippen LogP) is 0.859. The topological polar surface area (TPSA) is 71.3 Å². The van der Waals surface area contributed by atoms with Crippen LogP contribution in [0.3, 0.4) is 0 Å². The Kier molecular flexibility index (Phi) is 5.11. The van der Waals surface area contributed by atoms with Gasteiger partial charge in [-0.15, -0.1) is 0 Å². The molecule has 1 heterocycles. The summed E-state index contributed by atoms with van der Waals surface area (Å²) in [5.41, 5.74) is 0. The summed E-state index contributed by atoms with van der Waals surface area (Å²) in [6, 6.07) is 3.85. The number of amides is 1. The van der Waals surface area contributed by atoms with Crippen molar-refractivity contribution in [3.8, 4) is 0 Å². The largest absolute Gasteiger partial charge is 0.481 e. The Morgan fingerprint density at radius 1 is 1.19 bits per heavy atom. The molecular formula is C11H16N2O3. The van der Waals surface area contributed by atoms with Gasteiger partial charge in [0, 0.05) is 38.3 Å². The van der Waals surface area contributed by atoms with Crippen LogP contribution in [0.2, 0.25) is 0 Å². The van der Waals surface area contributed by atoms with Gasteiger partial charge >= 0.3 is 5.97 Å². The third kappa shape index (κ3) is 5.19. The molecule has 0 aliphatic heterocycles. The second-order valence-electron chi connectivity index (χ2n) is 3.52. The van der Waals surface area contributed by atoms with Crippen LogP contribution in [-0.2, 0) is 16.1 Å². The zero-order valence-corrected chi connectivity index (χ0v) is 9.06. The van der Waals surface area contributed by atoms with E-state index in [1.807, 2.05) is 29.1 Å². The van der Waals surface area contributed by atoms with E-state index in [4.69, 9.17) is 5.11 Å². The first-order chi connectivity index (χ1) is 7.68. The molecule has 0 atom stereocenters. The molecule has 16 heavy (non-hydrogen) atoms. The van der Waals surface area contributed by atoms with Crippen molar-refractivity contribution >= 4 is 11.9 Å². The van der Waals surface area contributed by atoms with E-state index in [9.17, 15) is 9.59 Å². The number of carbonyl (C=O) groups is 2. The molecule has 0 unspecified atom stereocenters. The third-order valence-corrected chi connectivity index (χ3v) is 2.15. The molecule has 1 rings (SSSR count). The lowest BCUT2D eigenvalue weighted by Crippen LogP contribution is -2.26. The second kappa shape index (κ2) is 6.66. The van der Waals surface area contributed by atoms with Crippen LogP contribution in [0.5, 0.6) is 0 Å². The molecule has 0 radical (unpaired) electrons. The van der Waals surface area contributed by atoms with Crippen LogP contribution >= 0.6 is 0 Å². The van der Waals surface area contributed by atoms with E-state index in [-0.39, 0.29) is 18.7 Å². The van der Waals surface area contributed by atoms with Gasteiger partial charge in [-0.25, -0.2) is 0 Å². The average Bonchev–Trinajstić information content (AvgIpc) is 2.70. The average molecular weight is 224 g/mol. The smallest absolute Gasteiger partial charge is 0.303 e. The molecule has 88 valence electrons. The molecule has 0 aromatic carbocycles. The van der Waals surface area contributed by atoms with Gasteiger partial charge in [0.2, 0.25) is 5.91 Å². The minimum atomic E-state index is -0.861. The molecule has 0 saturated carbocycles. The van der Waals surface area contributed by atoms with Crippen LogP contribution in [0.4, 0.5) is 0 Å². The Balaban J connectivity index is 2.04. The molecule has 5 heteroatoms. The monoisotopic (exact) mass is 224 g/mol. The standard InChI is InChI=1S/C11H16N2O3/c14-10(4-3-5-11(15)16)12-6-9-13-7-1-2-8-13/h1-2,7-8H,3-6,9H2,(H,12,14)(H,15,16). The molecule has 0 spiro atoms. The van der Waals surface area contributed by atoms with Crippen molar-refractivity contribution < 1.29 is 14.7 Å². The minimum Gasteiger partial charge on any atom is -0.481 e. The minimum absolute atomic E-state index is 0.0466. The maximum absolute atomic E-state index is 11.2. The predicted molar refractivity (Wildman–Crippen MR) is 58.9 cm³/mol. The van der Waals surface area contributed by atoms with Crippen LogP contribution in [-0.4, -0.2) is 28.1 Å². The van der Waals surface area contributed by atoms with Gasteiger partial charge in [-0.2, -0.15) is 0 Å². The summed E-state index contributed by atoms with van der Waals surface area (Å²) in [7, 11) is 0. The Labute approximate surface area is 94.1 Å². The molecule has 0 aliphatic rings. The highest BCUT2D eigenvalue weighted by molar-refractivity contribution is 5.76. The third-order valence-electron chi connectivity index (χ3n) is 2.15. The zero-order valence-electron chi connectivity index (χ0n) is 9.06. The molecule has 0 fully saturated rings. The summed E-state index contributed by atoms with van der Waals surface area (Å²) in [4.78, 5) is 21.5. The summed E-state index contributed by atoms with van der Waals surface area (Å²) >= 11 is 0. The van der Waals surface area contributed by atoms with Crippen LogP contribution in [0.1, 0.15) is 19.3 Å². The van der Waals surface area contributed by atoms with E-state index in [1.165, 1.54) is 0 Å². The van der Waals surface area contributed by atoms with Crippen molar-refractivity contribution in [3.05, 3.63) is 24.5 Å². The Morgan fingerprint density at radius 2 is 1.88 bits per heavy atom. The number of carboxylic acids is 1. The van der Waals surface area contributed by atoms with Gasteiger partial charge in [0.1, 0.15) is 0 Å². The number of rotatable bonds is 7. The van der Waals surface area contributed by atoms with Crippen LogP contribution in [0, 0.1) is 0 Å². The van der Waals surface area contributed by atoms with Gasteiger partial charge in [0.15, 0.2) is 0 Å². The highest BCUT2D eigenvalue weighted by atomic mass is 16.4. The van der Waals surface area contributed by atoms with E-state index in [2.05, 4.69) is 5.32 Å². The Morgan fingerprint density at radius 3 is 2.50 bits per heavy atom. The molecule has 1 aromatic heterocycles. The summed E-state index contributed by atoms with van der Waals surface area (Å²) in [5.74, 6) is -0.950. The number of carboxylic acid groups (broad SMARTS) is 1. The number of hydrogen-bond donors (Lipinski definition) is 2. The number of carbonyl (C=O) groups excluding carboxylic acids is 1. The number of nitrogens with one attached hydrogen (secondary N) is 1. The van der Waals surface area contributed by atoms with Crippen molar-refractivity contribution in [2.24, 2.45) is 0 Å². The summed E-state index contributed by atoms with van der Waals surface area (Å²) < 4.78 is 1.97. The van der Waals surface area contributed by atoms with Crippen LogP contribution in [0.25, 0.3) is 0 Å².